The van der Waals surface area contributed by atoms with Crippen LogP contribution >= 0.6 is 0 Å². The minimum Gasteiger partial charge on any atom is -0.315 e. The standard InChI is InChI=1S/C14H27N3/c1-6-17-14(10-13(5)16-17)9-12(4)7-8-15-11(2)3/h10-12,15H,6-9H2,1-5H3. The van der Waals surface area contributed by atoms with Gasteiger partial charge >= 0.3 is 0 Å². The van der Waals surface area contributed by atoms with Crippen LogP contribution in [0.1, 0.15) is 45.5 Å². The van der Waals surface area contributed by atoms with Gasteiger partial charge < -0.3 is 5.32 Å². The zero-order valence-electron chi connectivity index (χ0n) is 12.0. The fourth-order valence-corrected chi connectivity index (χ4v) is 2.11. The fraction of sp³-hybridized carbons (Fsp3) is 0.786. The average Bonchev–Trinajstić information content (AvgIpc) is 2.58. The largest absolute Gasteiger partial charge is 0.315 e. The Balaban J connectivity index is 2.41. The molecule has 0 aliphatic heterocycles. The van der Waals surface area contributed by atoms with Gasteiger partial charge in [-0.25, -0.2) is 0 Å². The van der Waals surface area contributed by atoms with Crippen molar-refractivity contribution in [3.63, 3.8) is 0 Å². The Morgan fingerprint density at radius 1 is 1.35 bits per heavy atom. The topological polar surface area (TPSA) is 29.9 Å². The number of aryl methyl sites for hydroxylation is 2. The summed E-state index contributed by atoms with van der Waals surface area (Å²) in [6.45, 7) is 13.0. The molecule has 0 saturated heterocycles. The van der Waals surface area contributed by atoms with Gasteiger partial charge in [-0.2, -0.15) is 5.10 Å². The molecule has 17 heavy (non-hydrogen) atoms. The third-order valence-corrected chi connectivity index (χ3v) is 3.03. The molecule has 1 N–H and O–H groups in total. The summed E-state index contributed by atoms with van der Waals surface area (Å²) in [5.41, 5.74) is 2.51. The van der Waals surface area contributed by atoms with Crippen molar-refractivity contribution in [3.05, 3.63) is 17.5 Å². The molecule has 0 amide bonds. The van der Waals surface area contributed by atoms with E-state index in [4.69, 9.17) is 0 Å². The van der Waals surface area contributed by atoms with E-state index in [1.54, 1.807) is 0 Å². The molecule has 0 saturated carbocycles. The van der Waals surface area contributed by atoms with Crippen LogP contribution in [-0.4, -0.2) is 22.4 Å². The fourth-order valence-electron chi connectivity index (χ4n) is 2.11. The highest BCUT2D eigenvalue weighted by Crippen LogP contribution is 2.13. The zero-order chi connectivity index (χ0) is 12.8. The highest BCUT2D eigenvalue weighted by molar-refractivity contribution is 5.09. The molecular formula is C14H27N3. The maximum Gasteiger partial charge on any atom is 0.0596 e. The minimum absolute atomic E-state index is 0.589. The summed E-state index contributed by atoms with van der Waals surface area (Å²) in [6, 6.07) is 2.81. The quantitative estimate of drug-likeness (QED) is 0.790. The van der Waals surface area contributed by atoms with Gasteiger partial charge in [0, 0.05) is 18.3 Å². The third-order valence-electron chi connectivity index (χ3n) is 3.03. The summed E-state index contributed by atoms with van der Waals surface area (Å²) >= 11 is 0. The molecule has 3 nitrogen and oxygen atoms in total. The normalized spacial score (nSPS) is 13.3. The maximum absolute atomic E-state index is 4.49. The maximum atomic E-state index is 4.49. The number of aromatic nitrogens is 2. The van der Waals surface area contributed by atoms with Crippen molar-refractivity contribution in [1.29, 1.82) is 0 Å². The molecule has 0 spiro atoms. The van der Waals surface area contributed by atoms with Gasteiger partial charge in [-0.3, -0.25) is 4.68 Å². The van der Waals surface area contributed by atoms with Gasteiger partial charge in [0.05, 0.1) is 5.69 Å². The van der Waals surface area contributed by atoms with E-state index in [0.29, 0.717) is 12.0 Å². The first-order valence-corrected chi connectivity index (χ1v) is 6.79. The van der Waals surface area contributed by atoms with E-state index in [9.17, 15) is 0 Å². The molecule has 1 aromatic heterocycles. The second-order valence-electron chi connectivity index (χ2n) is 5.30. The molecule has 3 heteroatoms. The molecule has 98 valence electrons. The van der Waals surface area contributed by atoms with Crippen LogP contribution in [0.2, 0.25) is 0 Å². The molecule has 1 atom stereocenters. The number of nitrogens with zero attached hydrogens (tertiary/aromatic N) is 2. The van der Waals surface area contributed by atoms with E-state index in [0.717, 1.165) is 25.2 Å². The lowest BCUT2D eigenvalue weighted by Crippen LogP contribution is -2.25. The van der Waals surface area contributed by atoms with Crippen LogP contribution < -0.4 is 5.32 Å². The molecule has 0 fully saturated rings. The van der Waals surface area contributed by atoms with Crippen LogP contribution in [0.5, 0.6) is 0 Å². The molecule has 0 aliphatic rings. The molecule has 0 bridgehead atoms. The predicted molar refractivity (Wildman–Crippen MR) is 73.3 cm³/mol. The minimum atomic E-state index is 0.589. The van der Waals surface area contributed by atoms with Crippen molar-refractivity contribution in [2.75, 3.05) is 6.54 Å². The van der Waals surface area contributed by atoms with E-state index in [1.165, 1.54) is 12.1 Å². The first kappa shape index (κ1) is 14.2. The highest BCUT2D eigenvalue weighted by Gasteiger charge is 2.09. The molecule has 1 heterocycles. The Hall–Kier alpha value is -0.830. The zero-order valence-corrected chi connectivity index (χ0v) is 12.0. The monoisotopic (exact) mass is 237 g/mol. The van der Waals surface area contributed by atoms with Gasteiger partial charge in [0.25, 0.3) is 0 Å². The van der Waals surface area contributed by atoms with E-state index in [1.807, 2.05) is 0 Å². The summed E-state index contributed by atoms with van der Waals surface area (Å²) in [5, 5.41) is 7.97. The molecular weight excluding hydrogens is 210 g/mol. The summed E-state index contributed by atoms with van der Waals surface area (Å²) in [6.07, 6.45) is 2.36. The molecule has 0 aromatic carbocycles. The van der Waals surface area contributed by atoms with Crippen molar-refractivity contribution in [2.45, 2.75) is 60.0 Å². The van der Waals surface area contributed by atoms with E-state index < -0.39 is 0 Å². The first-order chi connectivity index (χ1) is 8.02. The Bertz CT molecular complexity index is 328. The van der Waals surface area contributed by atoms with Gasteiger partial charge in [0.15, 0.2) is 0 Å². The van der Waals surface area contributed by atoms with Crippen LogP contribution in [-0.2, 0) is 13.0 Å². The molecule has 1 aromatic rings. The van der Waals surface area contributed by atoms with Gasteiger partial charge in [-0.05, 0) is 45.2 Å². The van der Waals surface area contributed by atoms with E-state index in [-0.39, 0.29) is 0 Å². The summed E-state index contributed by atoms with van der Waals surface area (Å²) in [7, 11) is 0. The van der Waals surface area contributed by atoms with E-state index >= 15 is 0 Å². The Morgan fingerprint density at radius 3 is 2.65 bits per heavy atom. The van der Waals surface area contributed by atoms with Crippen molar-refractivity contribution < 1.29 is 0 Å². The van der Waals surface area contributed by atoms with Gasteiger partial charge in [0.1, 0.15) is 0 Å². The average molecular weight is 237 g/mol. The summed E-state index contributed by atoms with van der Waals surface area (Å²) < 4.78 is 2.13. The SMILES string of the molecule is CCn1nc(C)cc1CC(C)CCNC(C)C. The predicted octanol–water partition coefficient (Wildman–Crippen LogP) is 2.78. The molecule has 0 radical (unpaired) electrons. The Kier molecular flexibility index (Phi) is 5.69. The van der Waals surface area contributed by atoms with Crippen molar-refractivity contribution in [1.82, 2.24) is 15.1 Å². The van der Waals surface area contributed by atoms with Crippen molar-refractivity contribution in [2.24, 2.45) is 5.92 Å². The van der Waals surface area contributed by atoms with Gasteiger partial charge in [0.2, 0.25) is 0 Å². The van der Waals surface area contributed by atoms with Crippen LogP contribution in [0.25, 0.3) is 0 Å². The summed E-state index contributed by atoms with van der Waals surface area (Å²) in [4.78, 5) is 0. The third kappa shape index (κ3) is 4.90. The molecule has 0 aliphatic carbocycles. The first-order valence-electron chi connectivity index (χ1n) is 6.79. The summed E-state index contributed by atoms with van der Waals surface area (Å²) in [5.74, 6) is 0.711. The van der Waals surface area contributed by atoms with Crippen molar-refractivity contribution in [3.8, 4) is 0 Å². The smallest absolute Gasteiger partial charge is 0.0596 e. The lowest BCUT2D eigenvalue weighted by atomic mass is 10.0. The molecule has 1 unspecified atom stereocenters. The van der Waals surface area contributed by atoms with Crippen LogP contribution in [0.4, 0.5) is 0 Å². The Morgan fingerprint density at radius 2 is 2.06 bits per heavy atom. The second-order valence-corrected chi connectivity index (χ2v) is 5.30. The second kappa shape index (κ2) is 6.80. The molecule has 1 rings (SSSR count). The van der Waals surface area contributed by atoms with Crippen LogP contribution in [0.3, 0.4) is 0 Å². The van der Waals surface area contributed by atoms with Crippen LogP contribution in [0.15, 0.2) is 6.07 Å². The lowest BCUT2D eigenvalue weighted by Gasteiger charge is -2.14. The van der Waals surface area contributed by atoms with Gasteiger partial charge in [-0.1, -0.05) is 20.8 Å². The lowest BCUT2D eigenvalue weighted by molar-refractivity contribution is 0.461. The van der Waals surface area contributed by atoms with E-state index in [2.05, 4.69) is 55.8 Å². The number of rotatable bonds is 7. The van der Waals surface area contributed by atoms with Crippen LogP contribution in [0, 0.1) is 12.8 Å². The number of hydrogen-bond acceptors (Lipinski definition) is 2. The van der Waals surface area contributed by atoms with Crippen molar-refractivity contribution >= 4 is 0 Å². The van der Waals surface area contributed by atoms with Gasteiger partial charge in [-0.15, -0.1) is 0 Å². The number of nitrogens with one attached hydrogen (secondary N) is 1. The highest BCUT2D eigenvalue weighted by atomic mass is 15.3. The Labute approximate surface area is 106 Å². The number of hydrogen-bond donors (Lipinski definition) is 1.